The van der Waals surface area contributed by atoms with E-state index in [0.29, 0.717) is 5.39 Å². The van der Waals surface area contributed by atoms with Crippen molar-refractivity contribution in [2.24, 2.45) is 11.8 Å². The Morgan fingerprint density at radius 3 is 2.29 bits per heavy atom. The molecule has 0 unspecified atom stereocenters. The molecule has 3 aromatic rings. The summed E-state index contributed by atoms with van der Waals surface area (Å²) in [6.07, 6.45) is 12.9. The minimum absolute atomic E-state index is 0.225. The van der Waals surface area contributed by atoms with Gasteiger partial charge in [0.05, 0.1) is 0 Å². The highest BCUT2D eigenvalue weighted by Crippen LogP contribution is 2.35. The molecule has 3 aromatic carbocycles. The van der Waals surface area contributed by atoms with Crippen LogP contribution in [-0.2, 0) is 6.42 Å². The molecule has 0 radical (unpaired) electrons. The first-order valence-corrected chi connectivity index (χ1v) is 12.9. The van der Waals surface area contributed by atoms with Crippen molar-refractivity contribution in [3.8, 4) is 16.9 Å². The van der Waals surface area contributed by atoms with Gasteiger partial charge in [-0.15, -0.1) is 0 Å². The van der Waals surface area contributed by atoms with Crippen LogP contribution in [0.4, 0.5) is 17.6 Å². The molecular formula is C30H34F4O. The van der Waals surface area contributed by atoms with Gasteiger partial charge >= 0.3 is 6.61 Å². The van der Waals surface area contributed by atoms with Crippen LogP contribution in [-0.4, -0.2) is 6.61 Å². The van der Waals surface area contributed by atoms with Gasteiger partial charge in [0.25, 0.3) is 0 Å². The maximum atomic E-state index is 15.3. The SMILES string of the molecule is CCCCCC1CCC(CCc2ccc3c(F)c(-c4ccc(OC(F)F)c(F)c4)ccc3c2)CC1. The first-order valence-electron chi connectivity index (χ1n) is 12.9. The minimum atomic E-state index is -3.12. The average Bonchev–Trinajstić information content (AvgIpc) is 2.85. The molecule has 4 rings (SSSR count). The number of fused-ring (bicyclic) bond motifs is 1. The molecule has 1 aliphatic carbocycles. The zero-order valence-corrected chi connectivity index (χ0v) is 20.3. The van der Waals surface area contributed by atoms with Gasteiger partial charge in [-0.3, -0.25) is 0 Å². The Morgan fingerprint density at radius 1 is 0.857 bits per heavy atom. The van der Waals surface area contributed by atoms with Crippen LogP contribution < -0.4 is 4.74 Å². The number of alkyl halides is 2. The molecule has 0 saturated heterocycles. The van der Waals surface area contributed by atoms with Crippen LogP contribution in [0, 0.1) is 23.5 Å². The Morgan fingerprint density at radius 2 is 1.60 bits per heavy atom. The molecule has 35 heavy (non-hydrogen) atoms. The first-order chi connectivity index (χ1) is 16.9. The first kappa shape index (κ1) is 25.5. The lowest BCUT2D eigenvalue weighted by Gasteiger charge is -2.28. The number of rotatable bonds is 10. The lowest BCUT2D eigenvalue weighted by atomic mass is 9.77. The van der Waals surface area contributed by atoms with E-state index < -0.39 is 24.0 Å². The van der Waals surface area contributed by atoms with Crippen molar-refractivity contribution in [3.05, 3.63) is 65.7 Å². The van der Waals surface area contributed by atoms with Crippen molar-refractivity contribution in [2.45, 2.75) is 77.7 Å². The summed E-state index contributed by atoms with van der Waals surface area (Å²) in [4.78, 5) is 0. The van der Waals surface area contributed by atoms with Gasteiger partial charge in [-0.25, -0.2) is 8.78 Å². The van der Waals surface area contributed by atoms with Gasteiger partial charge in [-0.05, 0) is 53.3 Å². The molecular weight excluding hydrogens is 452 g/mol. The van der Waals surface area contributed by atoms with Crippen molar-refractivity contribution in [1.82, 2.24) is 0 Å². The van der Waals surface area contributed by atoms with Crippen LogP contribution in [0.1, 0.15) is 70.3 Å². The van der Waals surface area contributed by atoms with Crippen LogP contribution in [0.15, 0.2) is 48.5 Å². The fraction of sp³-hybridized carbons (Fsp3) is 0.467. The molecule has 0 heterocycles. The van der Waals surface area contributed by atoms with Gasteiger partial charge in [-0.1, -0.05) is 94.7 Å². The number of halogens is 4. The Bertz CT molecular complexity index is 1120. The summed E-state index contributed by atoms with van der Waals surface area (Å²) >= 11 is 0. The molecule has 188 valence electrons. The van der Waals surface area contributed by atoms with E-state index in [1.54, 1.807) is 12.1 Å². The molecule has 5 heteroatoms. The summed E-state index contributed by atoms with van der Waals surface area (Å²) in [7, 11) is 0. The third kappa shape index (κ3) is 6.56. The van der Waals surface area contributed by atoms with E-state index in [1.807, 2.05) is 18.2 Å². The highest BCUT2D eigenvalue weighted by molar-refractivity contribution is 5.88. The maximum absolute atomic E-state index is 15.3. The Kier molecular flexibility index (Phi) is 8.69. The average molecular weight is 487 g/mol. The highest BCUT2D eigenvalue weighted by Gasteiger charge is 2.21. The van der Waals surface area contributed by atoms with Gasteiger partial charge in [0, 0.05) is 10.9 Å². The third-order valence-electron chi connectivity index (χ3n) is 7.50. The second-order valence-corrected chi connectivity index (χ2v) is 9.93. The van der Waals surface area contributed by atoms with Gasteiger partial charge in [-0.2, -0.15) is 8.78 Å². The number of aryl methyl sites for hydroxylation is 1. The molecule has 0 aromatic heterocycles. The summed E-state index contributed by atoms with van der Waals surface area (Å²) in [6.45, 7) is -0.861. The summed E-state index contributed by atoms with van der Waals surface area (Å²) in [5.41, 5.74) is 1.70. The maximum Gasteiger partial charge on any atom is 0.387 e. The van der Waals surface area contributed by atoms with Gasteiger partial charge < -0.3 is 4.74 Å². The fourth-order valence-electron chi connectivity index (χ4n) is 5.44. The Labute approximate surface area is 205 Å². The fourth-order valence-corrected chi connectivity index (χ4v) is 5.44. The second kappa shape index (κ2) is 11.9. The summed E-state index contributed by atoms with van der Waals surface area (Å²) < 4.78 is 58.3. The van der Waals surface area contributed by atoms with E-state index in [9.17, 15) is 13.2 Å². The van der Waals surface area contributed by atoms with E-state index in [2.05, 4.69) is 11.7 Å². The van der Waals surface area contributed by atoms with Crippen molar-refractivity contribution < 1.29 is 22.3 Å². The van der Waals surface area contributed by atoms with Gasteiger partial charge in [0.1, 0.15) is 5.82 Å². The lowest BCUT2D eigenvalue weighted by Crippen LogP contribution is -2.15. The zero-order chi connectivity index (χ0) is 24.8. The van der Waals surface area contributed by atoms with Crippen LogP contribution >= 0.6 is 0 Å². The monoisotopic (exact) mass is 486 g/mol. The molecule has 1 nitrogen and oxygen atoms in total. The molecule has 1 saturated carbocycles. The quantitative estimate of drug-likeness (QED) is 0.205. The Hall–Kier alpha value is -2.56. The predicted molar refractivity (Wildman–Crippen MR) is 134 cm³/mol. The van der Waals surface area contributed by atoms with Gasteiger partial charge in [0.2, 0.25) is 0 Å². The van der Waals surface area contributed by atoms with Crippen molar-refractivity contribution >= 4 is 10.8 Å². The normalized spacial score (nSPS) is 18.3. The molecule has 0 atom stereocenters. The van der Waals surface area contributed by atoms with Crippen molar-refractivity contribution in [2.75, 3.05) is 0 Å². The van der Waals surface area contributed by atoms with Crippen LogP contribution in [0.3, 0.4) is 0 Å². The van der Waals surface area contributed by atoms with Crippen molar-refractivity contribution in [1.29, 1.82) is 0 Å². The number of ether oxygens (including phenoxy) is 1. The van der Waals surface area contributed by atoms with Gasteiger partial charge in [0.15, 0.2) is 11.6 Å². The topological polar surface area (TPSA) is 9.23 Å². The summed E-state index contributed by atoms with van der Waals surface area (Å²) in [5.74, 6) is -0.263. The molecule has 0 spiro atoms. The number of benzene rings is 3. The van der Waals surface area contributed by atoms with E-state index in [-0.39, 0.29) is 11.1 Å². The number of hydrogen-bond acceptors (Lipinski definition) is 1. The third-order valence-corrected chi connectivity index (χ3v) is 7.50. The largest absolute Gasteiger partial charge is 0.432 e. The molecule has 0 bridgehead atoms. The van der Waals surface area contributed by atoms with E-state index in [4.69, 9.17) is 0 Å². The van der Waals surface area contributed by atoms with Crippen LogP contribution in [0.25, 0.3) is 21.9 Å². The lowest BCUT2D eigenvalue weighted by molar-refractivity contribution is -0.0521. The van der Waals surface area contributed by atoms with E-state index in [0.717, 1.165) is 35.8 Å². The van der Waals surface area contributed by atoms with Crippen LogP contribution in [0.2, 0.25) is 0 Å². The minimum Gasteiger partial charge on any atom is -0.432 e. The second-order valence-electron chi connectivity index (χ2n) is 9.93. The number of hydrogen-bond donors (Lipinski definition) is 0. The molecule has 0 amide bonds. The standard InChI is InChI=1S/C30H34F4O/c1-2-3-4-5-20-6-8-21(9-7-20)10-11-22-12-15-25-23(18-22)13-16-26(29(25)32)24-14-17-28(27(31)19-24)35-30(33)34/h12-21,30H,2-11H2,1H3. The predicted octanol–water partition coefficient (Wildman–Crippen LogP) is 9.71. The number of unbranched alkanes of at least 4 members (excludes halogenated alkanes) is 2. The summed E-state index contributed by atoms with van der Waals surface area (Å²) in [6, 6.07) is 12.8. The zero-order valence-electron chi connectivity index (χ0n) is 20.3. The molecule has 0 N–H and O–H groups in total. The highest BCUT2D eigenvalue weighted by atomic mass is 19.3. The molecule has 0 aliphatic heterocycles. The molecule has 1 aliphatic rings. The summed E-state index contributed by atoms with van der Waals surface area (Å²) in [5, 5.41) is 1.27. The van der Waals surface area contributed by atoms with E-state index in [1.165, 1.54) is 69.4 Å². The van der Waals surface area contributed by atoms with Crippen molar-refractivity contribution in [3.63, 3.8) is 0 Å². The molecule has 1 fully saturated rings. The van der Waals surface area contributed by atoms with Crippen LogP contribution in [0.5, 0.6) is 5.75 Å². The Balaban J connectivity index is 1.39. The van der Waals surface area contributed by atoms with E-state index >= 15 is 4.39 Å². The smallest absolute Gasteiger partial charge is 0.387 e.